The third-order valence-corrected chi connectivity index (χ3v) is 3.44. The number of ether oxygens (including phenoxy) is 2. The van der Waals surface area contributed by atoms with Crippen molar-refractivity contribution in [3.8, 4) is 0 Å². The van der Waals surface area contributed by atoms with Crippen LogP contribution in [0.4, 0.5) is 0 Å². The zero-order chi connectivity index (χ0) is 10.3. The van der Waals surface area contributed by atoms with Crippen molar-refractivity contribution in [2.24, 2.45) is 5.92 Å². The van der Waals surface area contributed by atoms with Gasteiger partial charge in [0.1, 0.15) is 12.3 Å². The van der Waals surface area contributed by atoms with E-state index in [0.717, 1.165) is 6.54 Å². The summed E-state index contributed by atoms with van der Waals surface area (Å²) >= 11 is 0. The Balaban J connectivity index is 1.70. The maximum Gasteiger partial charge on any atom is 0.137 e. The normalized spacial score (nSPS) is 42.6. The largest absolute Gasteiger partial charge is 0.368 e. The first-order valence-electron chi connectivity index (χ1n) is 5.64. The third kappa shape index (κ3) is 2.10. The van der Waals surface area contributed by atoms with Crippen molar-refractivity contribution in [3.05, 3.63) is 0 Å². The van der Waals surface area contributed by atoms with E-state index in [1.165, 1.54) is 6.42 Å². The Kier molecular flexibility index (Phi) is 2.82. The summed E-state index contributed by atoms with van der Waals surface area (Å²) in [6, 6.07) is 0. The average Bonchev–Trinajstić information content (AvgIpc) is 3.02. The Bertz CT molecular complexity index is 209. The van der Waals surface area contributed by atoms with Crippen LogP contribution in [0.2, 0.25) is 0 Å². The number of hydrogen-bond donors (Lipinski definition) is 0. The molecule has 0 spiro atoms. The first-order valence-corrected chi connectivity index (χ1v) is 5.64. The Morgan fingerprint density at radius 3 is 2.50 bits per heavy atom. The summed E-state index contributed by atoms with van der Waals surface area (Å²) in [4.78, 5) is 2.28. The fourth-order valence-corrected chi connectivity index (χ4v) is 1.93. The van der Waals surface area contributed by atoms with Crippen molar-refractivity contribution in [2.75, 3.05) is 13.6 Å². The molecule has 0 amide bonds. The lowest BCUT2D eigenvalue weighted by Crippen LogP contribution is -2.29. The van der Waals surface area contributed by atoms with Crippen LogP contribution in [-0.2, 0) is 9.47 Å². The summed E-state index contributed by atoms with van der Waals surface area (Å²) in [5, 5.41) is 0. The first-order chi connectivity index (χ1) is 6.63. The van der Waals surface area contributed by atoms with Crippen LogP contribution in [0.25, 0.3) is 0 Å². The molecule has 14 heavy (non-hydrogen) atoms. The van der Waals surface area contributed by atoms with E-state index in [0.29, 0.717) is 30.5 Å². The molecular formula is C11H21NO2. The Morgan fingerprint density at radius 2 is 2.00 bits per heavy atom. The predicted octanol–water partition coefficient (Wildman–Crippen LogP) is 1.48. The molecule has 2 fully saturated rings. The summed E-state index contributed by atoms with van der Waals surface area (Å²) in [6.07, 6.45) is 2.91. The molecule has 3 nitrogen and oxygen atoms in total. The molecule has 2 aliphatic rings. The lowest BCUT2D eigenvalue weighted by atomic mass is 10.0. The Hall–Kier alpha value is -0.120. The summed E-state index contributed by atoms with van der Waals surface area (Å²) in [5.41, 5.74) is 0. The van der Waals surface area contributed by atoms with Gasteiger partial charge >= 0.3 is 0 Å². The highest BCUT2D eigenvalue weighted by atomic mass is 16.6. The number of rotatable bonds is 5. The molecule has 2 rings (SSSR count). The van der Waals surface area contributed by atoms with Gasteiger partial charge in [0.25, 0.3) is 0 Å². The standard InChI is InChI=1S/C11H21NO2/c1-5-7(2)10-11(14-10)12(4)6-9-8(3)13-9/h7-11H,5-6H2,1-4H3. The van der Waals surface area contributed by atoms with Crippen molar-refractivity contribution < 1.29 is 9.47 Å². The van der Waals surface area contributed by atoms with Crippen LogP contribution in [0.5, 0.6) is 0 Å². The monoisotopic (exact) mass is 199 g/mol. The predicted molar refractivity (Wildman–Crippen MR) is 55.1 cm³/mol. The average molecular weight is 199 g/mol. The topological polar surface area (TPSA) is 28.3 Å². The smallest absolute Gasteiger partial charge is 0.137 e. The van der Waals surface area contributed by atoms with Crippen molar-refractivity contribution >= 4 is 0 Å². The van der Waals surface area contributed by atoms with Crippen LogP contribution in [-0.4, -0.2) is 43.0 Å². The van der Waals surface area contributed by atoms with Gasteiger partial charge in [0.15, 0.2) is 0 Å². The van der Waals surface area contributed by atoms with E-state index in [2.05, 4.69) is 32.7 Å². The van der Waals surface area contributed by atoms with E-state index in [1.54, 1.807) is 0 Å². The summed E-state index contributed by atoms with van der Waals surface area (Å²) in [5.74, 6) is 0.681. The van der Waals surface area contributed by atoms with Gasteiger partial charge in [-0.25, -0.2) is 0 Å². The maximum atomic E-state index is 5.67. The number of hydrogen-bond acceptors (Lipinski definition) is 3. The molecule has 2 heterocycles. The molecule has 0 aromatic carbocycles. The highest BCUT2D eigenvalue weighted by molar-refractivity contribution is 4.91. The zero-order valence-electron chi connectivity index (χ0n) is 9.56. The summed E-state index contributed by atoms with van der Waals surface area (Å²) in [6.45, 7) is 7.61. The number of nitrogens with zero attached hydrogens (tertiary/aromatic N) is 1. The van der Waals surface area contributed by atoms with Crippen molar-refractivity contribution in [1.29, 1.82) is 0 Å². The fraction of sp³-hybridized carbons (Fsp3) is 1.00. The van der Waals surface area contributed by atoms with Gasteiger partial charge in [0.2, 0.25) is 0 Å². The SMILES string of the molecule is CCC(C)C1OC1N(C)CC1OC1C. The molecule has 0 saturated carbocycles. The molecule has 82 valence electrons. The molecule has 0 aromatic rings. The molecule has 5 unspecified atom stereocenters. The molecular weight excluding hydrogens is 178 g/mol. The highest BCUT2D eigenvalue weighted by Crippen LogP contribution is 2.34. The second-order valence-electron chi connectivity index (χ2n) is 4.70. The molecule has 2 saturated heterocycles. The van der Waals surface area contributed by atoms with Crippen LogP contribution in [0.15, 0.2) is 0 Å². The highest BCUT2D eigenvalue weighted by Gasteiger charge is 2.47. The van der Waals surface area contributed by atoms with Gasteiger partial charge in [-0.3, -0.25) is 4.90 Å². The third-order valence-electron chi connectivity index (χ3n) is 3.44. The van der Waals surface area contributed by atoms with Crippen LogP contribution < -0.4 is 0 Å². The quantitative estimate of drug-likeness (QED) is 0.628. The molecule has 0 bridgehead atoms. The fourth-order valence-electron chi connectivity index (χ4n) is 1.93. The summed E-state index contributed by atoms with van der Waals surface area (Å²) in [7, 11) is 2.13. The molecule has 0 N–H and O–H groups in total. The molecule has 0 aliphatic carbocycles. The Morgan fingerprint density at radius 1 is 1.36 bits per heavy atom. The number of epoxide rings is 2. The van der Waals surface area contributed by atoms with Crippen LogP contribution in [0, 0.1) is 5.92 Å². The zero-order valence-corrected chi connectivity index (χ0v) is 9.56. The van der Waals surface area contributed by atoms with Gasteiger partial charge in [-0.2, -0.15) is 0 Å². The minimum absolute atomic E-state index is 0.348. The summed E-state index contributed by atoms with van der Waals surface area (Å²) < 4.78 is 11.1. The van der Waals surface area contributed by atoms with Crippen LogP contribution in [0.1, 0.15) is 27.2 Å². The lowest BCUT2D eigenvalue weighted by molar-refractivity contribution is 0.193. The molecule has 2 aliphatic heterocycles. The molecule has 0 radical (unpaired) electrons. The van der Waals surface area contributed by atoms with Gasteiger partial charge in [-0.1, -0.05) is 20.3 Å². The van der Waals surface area contributed by atoms with Gasteiger partial charge < -0.3 is 9.47 Å². The van der Waals surface area contributed by atoms with Crippen molar-refractivity contribution in [3.63, 3.8) is 0 Å². The molecule has 0 aromatic heterocycles. The molecule has 3 heteroatoms. The minimum atomic E-state index is 0.348. The van der Waals surface area contributed by atoms with E-state index in [1.807, 2.05) is 0 Å². The van der Waals surface area contributed by atoms with Crippen LogP contribution >= 0.6 is 0 Å². The second-order valence-corrected chi connectivity index (χ2v) is 4.70. The van der Waals surface area contributed by atoms with Gasteiger partial charge in [0.05, 0.1) is 12.2 Å². The van der Waals surface area contributed by atoms with E-state index in [-0.39, 0.29) is 0 Å². The first kappa shape index (κ1) is 10.4. The van der Waals surface area contributed by atoms with E-state index in [9.17, 15) is 0 Å². The minimum Gasteiger partial charge on any atom is -0.368 e. The lowest BCUT2D eigenvalue weighted by Gasteiger charge is -2.13. The maximum absolute atomic E-state index is 5.67. The van der Waals surface area contributed by atoms with E-state index in [4.69, 9.17) is 9.47 Å². The van der Waals surface area contributed by atoms with E-state index >= 15 is 0 Å². The van der Waals surface area contributed by atoms with Crippen LogP contribution in [0.3, 0.4) is 0 Å². The van der Waals surface area contributed by atoms with Crippen molar-refractivity contribution in [1.82, 2.24) is 4.90 Å². The second kappa shape index (κ2) is 3.80. The van der Waals surface area contributed by atoms with Gasteiger partial charge in [0, 0.05) is 6.54 Å². The van der Waals surface area contributed by atoms with Crippen molar-refractivity contribution in [2.45, 2.75) is 51.7 Å². The number of likely N-dealkylation sites (N-methyl/N-ethyl adjacent to an activating group) is 1. The van der Waals surface area contributed by atoms with E-state index < -0.39 is 0 Å². The van der Waals surface area contributed by atoms with Gasteiger partial charge in [-0.05, 0) is 19.9 Å². The molecule has 5 atom stereocenters. The van der Waals surface area contributed by atoms with Gasteiger partial charge in [-0.15, -0.1) is 0 Å². The Labute approximate surface area is 86.4 Å².